The number of aliphatic imine (C=N–C) groups is 1. The number of methoxy groups -OCH3 is 1. The maximum absolute atomic E-state index is 13.0. The lowest BCUT2D eigenvalue weighted by Gasteiger charge is -2.16. The van der Waals surface area contributed by atoms with Gasteiger partial charge in [0.15, 0.2) is 12.6 Å². The van der Waals surface area contributed by atoms with Crippen LogP contribution < -0.4 is 26.3 Å². The van der Waals surface area contributed by atoms with Crippen LogP contribution in [0, 0.1) is 0 Å². The van der Waals surface area contributed by atoms with Crippen molar-refractivity contribution in [3.8, 4) is 11.5 Å². The molecule has 2 rings (SSSR count). The zero-order valence-corrected chi connectivity index (χ0v) is 22.5. The molecule has 11 nitrogen and oxygen atoms in total. The van der Waals surface area contributed by atoms with Crippen LogP contribution in [0.2, 0.25) is 0 Å². The van der Waals surface area contributed by atoms with Crippen LogP contribution in [0.15, 0.2) is 75.0 Å². The number of nitrogens with two attached hydrogens (primary N) is 2. The third-order valence-corrected chi connectivity index (χ3v) is 6.93. The van der Waals surface area contributed by atoms with Crippen molar-refractivity contribution in [1.82, 2.24) is 5.32 Å². The summed E-state index contributed by atoms with van der Waals surface area (Å²) >= 11 is 0. The van der Waals surface area contributed by atoms with Crippen LogP contribution in [-0.2, 0) is 24.2 Å². The maximum atomic E-state index is 13.0. The number of amides is 1. The van der Waals surface area contributed by atoms with Gasteiger partial charge in [-0.15, -0.1) is 0 Å². The summed E-state index contributed by atoms with van der Waals surface area (Å²) in [5.74, 6) is -0.374. The molecule has 1 atom stereocenters. The van der Waals surface area contributed by atoms with Gasteiger partial charge in [-0.2, -0.15) is 0 Å². The molecule has 12 heteroatoms. The van der Waals surface area contributed by atoms with E-state index in [1.54, 1.807) is 12.1 Å². The molecular weight excluding hydrogens is 512 g/mol. The molecular formula is C26H34N4O7S. The Bertz CT molecular complexity index is 1230. The zero-order valence-electron chi connectivity index (χ0n) is 21.7. The minimum absolute atomic E-state index is 0.0610. The molecule has 38 heavy (non-hydrogen) atoms. The summed E-state index contributed by atoms with van der Waals surface area (Å²) in [6.07, 6.45) is 2.64. The number of benzene rings is 2. The number of hydrogen-bond acceptors (Lipinski definition) is 8. The van der Waals surface area contributed by atoms with Gasteiger partial charge in [-0.05, 0) is 81.3 Å². The summed E-state index contributed by atoms with van der Waals surface area (Å²) < 4.78 is 41.7. The van der Waals surface area contributed by atoms with Gasteiger partial charge in [0.05, 0.1) is 16.9 Å². The number of ether oxygens (including phenoxy) is 3. The highest BCUT2D eigenvalue weighted by Gasteiger charge is 2.22. The molecule has 0 saturated heterocycles. The van der Waals surface area contributed by atoms with Crippen LogP contribution in [0.25, 0.3) is 0 Å². The van der Waals surface area contributed by atoms with Gasteiger partial charge < -0.3 is 31.0 Å². The van der Waals surface area contributed by atoms with Crippen LogP contribution >= 0.6 is 0 Å². The van der Waals surface area contributed by atoms with Gasteiger partial charge in [-0.1, -0.05) is 5.57 Å². The predicted molar refractivity (Wildman–Crippen MR) is 143 cm³/mol. The van der Waals surface area contributed by atoms with E-state index in [1.165, 1.54) is 43.5 Å². The predicted octanol–water partition coefficient (Wildman–Crippen LogP) is 1.95. The van der Waals surface area contributed by atoms with Gasteiger partial charge >= 0.3 is 5.97 Å². The van der Waals surface area contributed by atoms with E-state index in [4.69, 9.17) is 25.7 Å². The minimum Gasteiger partial charge on any atom is -0.490 e. The van der Waals surface area contributed by atoms with Crippen LogP contribution in [0.4, 0.5) is 0 Å². The first-order valence-electron chi connectivity index (χ1n) is 11.8. The van der Waals surface area contributed by atoms with Gasteiger partial charge in [0, 0.05) is 6.54 Å². The van der Waals surface area contributed by atoms with Crippen molar-refractivity contribution in [2.75, 3.05) is 26.9 Å². The molecule has 0 heterocycles. The normalized spacial score (nSPS) is 11.6. The van der Waals surface area contributed by atoms with Crippen molar-refractivity contribution >= 4 is 27.7 Å². The summed E-state index contributed by atoms with van der Waals surface area (Å²) in [5.41, 5.74) is 11.7. The summed E-state index contributed by atoms with van der Waals surface area (Å²) in [6.45, 7) is 4.24. The first kappa shape index (κ1) is 30.2. The number of nitrogens with one attached hydrogen (secondary N) is 1. The third kappa shape index (κ3) is 9.77. The van der Waals surface area contributed by atoms with E-state index in [2.05, 4.69) is 10.3 Å². The SMILES string of the molecule is COC(=O)[C@H](CCCN=C(N)N)NC(=O)COc1ccc(S(=O)(=O)c2ccc(OCC=C(C)C)cc2)cc1. The summed E-state index contributed by atoms with van der Waals surface area (Å²) in [4.78, 5) is 28.3. The standard InChI is InChI=1S/C26H34N4O7S/c1-18(2)14-16-36-19-6-10-21(11-7-19)38(33,34)22-12-8-20(9-13-22)37-17-24(31)30-23(25(32)35-3)5-4-15-29-26(27)28/h6-14,23H,4-5,15-17H2,1-3H3,(H,30,31)(H4,27,28,29)/t23-/m0/s1. The molecule has 1 amide bonds. The number of carbonyl (C=O) groups excluding carboxylic acids is 2. The smallest absolute Gasteiger partial charge is 0.328 e. The second-order valence-corrected chi connectivity index (χ2v) is 10.4. The fourth-order valence-electron chi connectivity index (χ4n) is 3.15. The van der Waals surface area contributed by atoms with Crippen LogP contribution in [0.3, 0.4) is 0 Å². The molecule has 5 N–H and O–H groups in total. The van der Waals surface area contributed by atoms with E-state index in [1.807, 2.05) is 19.9 Å². The average molecular weight is 547 g/mol. The fraction of sp³-hybridized carbons (Fsp3) is 0.346. The Morgan fingerprint density at radius 2 is 1.53 bits per heavy atom. The van der Waals surface area contributed by atoms with E-state index < -0.39 is 27.8 Å². The molecule has 0 aliphatic rings. The molecule has 0 aliphatic heterocycles. The van der Waals surface area contributed by atoms with Crippen LogP contribution in [0.1, 0.15) is 26.7 Å². The quantitative estimate of drug-likeness (QED) is 0.105. The first-order chi connectivity index (χ1) is 18.0. The average Bonchev–Trinajstić information content (AvgIpc) is 2.89. The molecule has 0 fully saturated rings. The van der Waals surface area contributed by atoms with E-state index in [9.17, 15) is 18.0 Å². The van der Waals surface area contributed by atoms with Gasteiger partial charge in [0.2, 0.25) is 9.84 Å². The Morgan fingerprint density at radius 1 is 0.974 bits per heavy atom. The van der Waals surface area contributed by atoms with Gasteiger partial charge in [-0.3, -0.25) is 9.79 Å². The summed E-state index contributed by atoms with van der Waals surface area (Å²) in [5, 5.41) is 2.55. The van der Waals surface area contributed by atoms with Gasteiger partial charge in [0.25, 0.3) is 5.91 Å². The molecule has 0 aliphatic carbocycles. The van der Waals surface area contributed by atoms with Crippen molar-refractivity contribution in [2.45, 2.75) is 42.5 Å². The van der Waals surface area contributed by atoms with Gasteiger partial charge in [-0.25, -0.2) is 13.2 Å². The lowest BCUT2D eigenvalue weighted by Crippen LogP contribution is -2.43. The minimum atomic E-state index is -3.76. The zero-order chi connectivity index (χ0) is 28.1. The lowest BCUT2D eigenvalue weighted by atomic mass is 10.1. The van der Waals surface area contributed by atoms with Crippen molar-refractivity contribution in [3.05, 3.63) is 60.2 Å². The largest absolute Gasteiger partial charge is 0.490 e. The second kappa shape index (κ2) is 14.6. The maximum Gasteiger partial charge on any atom is 0.328 e. The Kier molecular flexibility index (Phi) is 11.6. The molecule has 0 bridgehead atoms. The molecule has 0 aromatic heterocycles. The summed E-state index contributed by atoms with van der Waals surface area (Å²) in [6, 6.07) is 11.0. The molecule has 2 aromatic rings. The van der Waals surface area contributed by atoms with E-state index in [0.29, 0.717) is 25.3 Å². The Hall–Kier alpha value is -4.06. The summed E-state index contributed by atoms with van der Waals surface area (Å²) in [7, 11) is -2.54. The number of sulfone groups is 1. The molecule has 0 unspecified atom stereocenters. The number of carbonyl (C=O) groups is 2. The van der Waals surface area contributed by atoms with Crippen LogP contribution in [0.5, 0.6) is 11.5 Å². The number of nitrogens with zero attached hydrogens (tertiary/aromatic N) is 1. The number of rotatable bonds is 14. The van der Waals surface area contributed by atoms with Crippen molar-refractivity contribution in [3.63, 3.8) is 0 Å². The van der Waals surface area contributed by atoms with E-state index >= 15 is 0 Å². The van der Waals surface area contributed by atoms with E-state index in [-0.39, 0.29) is 34.5 Å². The Morgan fingerprint density at radius 3 is 2.03 bits per heavy atom. The Labute approximate surface area is 222 Å². The molecule has 0 radical (unpaired) electrons. The monoisotopic (exact) mass is 546 g/mol. The van der Waals surface area contributed by atoms with Crippen molar-refractivity contribution < 1.29 is 32.2 Å². The Balaban J connectivity index is 1.94. The second-order valence-electron chi connectivity index (χ2n) is 8.42. The fourth-order valence-corrected chi connectivity index (χ4v) is 4.41. The van der Waals surface area contributed by atoms with Crippen LogP contribution in [-0.4, -0.2) is 59.2 Å². The molecule has 206 valence electrons. The first-order valence-corrected chi connectivity index (χ1v) is 13.3. The highest BCUT2D eigenvalue weighted by Crippen LogP contribution is 2.25. The number of hydrogen-bond donors (Lipinski definition) is 3. The highest BCUT2D eigenvalue weighted by molar-refractivity contribution is 7.91. The number of guanidine groups is 1. The van der Waals surface area contributed by atoms with E-state index in [0.717, 1.165) is 5.57 Å². The topological polar surface area (TPSA) is 172 Å². The molecule has 0 spiro atoms. The third-order valence-electron chi connectivity index (χ3n) is 5.15. The van der Waals surface area contributed by atoms with Crippen molar-refractivity contribution in [1.29, 1.82) is 0 Å². The number of esters is 1. The highest BCUT2D eigenvalue weighted by atomic mass is 32.2. The molecule has 2 aromatic carbocycles. The van der Waals surface area contributed by atoms with Crippen molar-refractivity contribution in [2.24, 2.45) is 16.5 Å². The number of allylic oxidation sites excluding steroid dienone is 1. The lowest BCUT2D eigenvalue weighted by molar-refractivity contribution is -0.145. The van der Waals surface area contributed by atoms with Gasteiger partial charge in [0.1, 0.15) is 24.1 Å². The molecule has 0 saturated carbocycles.